The molecule has 8 heteroatoms. The van der Waals surface area contributed by atoms with Gasteiger partial charge < -0.3 is 23.6 Å². The average molecular weight is 447 g/mol. The van der Waals surface area contributed by atoms with Crippen LogP contribution in [0.25, 0.3) is 0 Å². The molecule has 0 aliphatic rings. The van der Waals surface area contributed by atoms with E-state index >= 15 is 0 Å². The van der Waals surface area contributed by atoms with E-state index in [2.05, 4.69) is 5.16 Å². The van der Waals surface area contributed by atoms with E-state index in [0.717, 1.165) is 11.3 Å². The topological polar surface area (TPSA) is 91.1 Å². The van der Waals surface area contributed by atoms with Crippen LogP contribution in [0.1, 0.15) is 55.1 Å². The summed E-state index contributed by atoms with van der Waals surface area (Å²) in [7, 11) is 1.49. The summed E-state index contributed by atoms with van der Waals surface area (Å²) in [5.74, 6) is 1.41. The zero-order valence-corrected chi connectivity index (χ0v) is 20.1. The Labute approximate surface area is 189 Å². The Morgan fingerprint density at radius 3 is 2.25 bits per heavy atom. The molecule has 1 aromatic carbocycles. The number of carbonyl (C=O) groups is 2. The minimum atomic E-state index is -0.594. The molecule has 1 amide bonds. The lowest BCUT2D eigenvalue weighted by Crippen LogP contribution is -2.39. The molecule has 0 saturated carbocycles. The van der Waals surface area contributed by atoms with Crippen molar-refractivity contribution in [1.29, 1.82) is 0 Å². The fourth-order valence-corrected chi connectivity index (χ4v) is 3.23. The number of carbonyl (C=O) groups excluding carboxylic acids is 2. The third kappa shape index (κ3) is 7.00. The molecule has 0 radical (unpaired) electrons. The predicted octanol–water partition coefficient (Wildman–Crippen LogP) is 4.18. The van der Waals surface area contributed by atoms with E-state index < -0.39 is 5.97 Å². The molecule has 0 atom stereocenters. The number of ether oxygens (including phenoxy) is 3. The largest absolute Gasteiger partial charge is 0.493 e. The number of aryl methyl sites for hydroxylation is 2. The van der Waals surface area contributed by atoms with Crippen molar-refractivity contribution in [3.8, 4) is 11.5 Å². The van der Waals surface area contributed by atoms with Crippen LogP contribution in [0.3, 0.4) is 0 Å². The van der Waals surface area contributed by atoms with E-state index in [9.17, 15) is 9.59 Å². The number of amides is 1. The second-order valence-corrected chi connectivity index (χ2v) is 8.62. The van der Waals surface area contributed by atoms with Crippen LogP contribution >= 0.6 is 0 Å². The van der Waals surface area contributed by atoms with E-state index in [1.807, 2.05) is 41.5 Å². The van der Waals surface area contributed by atoms with Crippen molar-refractivity contribution in [1.82, 2.24) is 10.1 Å². The summed E-state index contributed by atoms with van der Waals surface area (Å²) in [6.07, 6.45) is 0. The molecule has 2 aromatic rings. The van der Waals surface area contributed by atoms with Crippen LogP contribution in [-0.2, 0) is 16.1 Å². The average Bonchev–Trinajstić information content (AvgIpc) is 3.06. The molecule has 0 aliphatic carbocycles. The fraction of sp³-hybridized carbons (Fsp3) is 0.542. The van der Waals surface area contributed by atoms with Gasteiger partial charge in [-0.1, -0.05) is 32.9 Å². The van der Waals surface area contributed by atoms with Crippen LogP contribution in [0, 0.1) is 25.7 Å². The number of methoxy groups -OCH3 is 1. The summed E-state index contributed by atoms with van der Waals surface area (Å²) in [6.45, 7) is 13.1. The molecule has 0 spiro atoms. The third-order valence-electron chi connectivity index (χ3n) is 4.80. The quantitative estimate of drug-likeness (QED) is 0.478. The van der Waals surface area contributed by atoms with Gasteiger partial charge in [-0.15, -0.1) is 0 Å². The normalized spacial score (nSPS) is 11.0. The Balaban J connectivity index is 2.01. The zero-order valence-electron chi connectivity index (χ0n) is 20.1. The van der Waals surface area contributed by atoms with Crippen molar-refractivity contribution in [3.05, 3.63) is 40.8 Å². The van der Waals surface area contributed by atoms with E-state index in [-0.39, 0.29) is 24.7 Å². The zero-order chi connectivity index (χ0) is 23.8. The first-order chi connectivity index (χ1) is 15.1. The second-order valence-electron chi connectivity index (χ2n) is 8.62. The van der Waals surface area contributed by atoms with Gasteiger partial charge in [-0.05, 0) is 43.9 Å². The van der Waals surface area contributed by atoms with Crippen molar-refractivity contribution in [3.63, 3.8) is 0 Å². The Kier molecular flexibility index (Phi) is 9.11. The molecule has 2 rings (SSSR count). The van der Waals surface area contributed by atoms with E-state index in [1.54, 1.807) is 17.0 Å². The number of esters is 1. The summed E-state index contributed by atoms with van der Waals surface area (Å²) in [6, 6.07) is 4.76. The molecule has 1 aromatic heterocycles. The van der Waals surface area contributed by atoms with E-state index in [4.69, 9.17) is 18.7 Å². The lowest BCUT2D eigenvalue weighted by molar-refractivity contribution is -0.135. The smallest absolute Gasteiger partial charge is 0.338 e. The molecule has 0 saturated heterocycles. The minimum absolute atomic E-state index is 0.202. The Morgan fingerprint density at radius 1 is 1.06 bits per heavy atom. The molecule has 0 unspecified atom stereocenters. The molecule has 0 aliphatic heterocycles. The summed E-state index contributed by atoms with van der Waals surface area (Å²) in [5, 5.41) is 3.91. The van der Waals surface area contributed by atoms with Gasteiger partial charge in [-0.3, -0.25) is 4.79 Å². The molecule has 32 heavy (non-hydrogen) atoms. The van der Waals surface area contributed by atoms with Gasteiger partial charge in [-0.25, -0.2) is 4.79 Å². The Morgan fingerprint density at radius 2 is 1.72 bits per heavy atom. The van der Waals surface area contributed by atoms with Gasteiger partial charge in [0.25, 0.3) is 5.91 Å². The van der Waals surface area contributed by atoms with Crippen molar-refractivity contribution in [2.24, 2.45) is 11.8 Å². The summed E-state index contributed by atoms with van der Waals surface area (Å²) >= 11 is 0. The van der Waals surface area contributed by atoms with Gasteiger partial charge in [-0.2, -0.15) is 0 Å². The molecule has 176 valence electrons. The monoisotopic (exact) mass is 446 g/mol. The van der Waals surface area contributed by atoms with Crippen LogP contribution in [-0.4, -0.2) is 48.7 Å². The highest BCUT2D eigenvalue weighted by Crippen LogP contribution is 2.29. The van der Waals surface area contributed by atoms with Gasteiger partial charge in [0.2, 0.25) is 0 Å². The SMILES string of the molecule is COc1cc(C(=O)OCC(=O)N(CC(C)C)CC(C)C)ccc1OCc1c(C)noc1C. The van der Waals surface area contributed by atoms with Crippen molar-refractivity contribution in [2.45, 2.75) is 48.1 Å². The lowest BCUT2D eigenvalue weighted by atomic mass is 10.1. The maximum Gasteiger partial charge on any atom is 0.338 e. The first-order valence-electron chi connectivity index (χ1n) is 10.8. The number of aromatic nitrogens is 1. The van der Waals surface area contributed by atoms with Gasteiger partial charge >= 0.3 is 5.97 Å². The number of benzene rings is 1. The van der Waals surface area contributed by atoms with Gasteiger partial charge in [0.05, 0.1) is 23.9 Å². The fourth-order valence-electron chi connectivity index (χ4n) is 3.23. The molecular formula is C24H34N2O6. The maximum absolute atomic E-state index is 12.6. The van der Waals surface area contributed by atoms with Crippen LogP contribution in [0.15, 0.2) is 22.7 Å². The maximum atomic E-state index is 12.6. The molecular weight excluding hydrogens is 412 g/mol. The standard InChI is InChI=1S/C24H34N2O6/c1-15(2)11-26(12-16(3)4)23(27)14-31-24(28)19-8-9-21(22(10-19)29-7)30-13-20-17(5)25-32-18(20)6/h8-10,15-16H,11-14H2,1-7H3. The van der Waals surface area contributed by atoms with E-state index in [1.165, 1.54) is 13.2 Å². The third-order valence-corrected chi connectivity index (χ3v) is 4.80. The molecule has 0 bridgehead atoms. The van der Waals surface area contributed by atoms with E-state index in [0.29, 0.717) is 42.2 Å². The highest BCUT2D eigenvalue weighted by atomic mass is 16.5. The van der Waals surface area contributed by atoms with Crippen LogP contribution in [0.2, 0.25) is 0 Å². The minimum Gasteiger partial charge on any atom is -0.493 e. The predicted molar refractivity (Wildman–Crippen MR) is 120 cm³/mol. The van der Waals surface area contributed by atoms with Crippen molar-refractivity contribution < 1.29 is 28.3 Å². The number of hydrogen-bond acceptors (Lipinski definition) is 7. The van der Waals surface area contributed by atoms with Crippen LogP contribution < -0.4 is 9.47 Å². The Bertz CT molecular complexity index is 890. The van der Waals surface area contributed by atoms with Gasteiger partial charge in [0.1, 0.15) is 12.4 Å². The molecule has 0 N–H and O–H groups in total. The number of hydrogen-bond donors (Lipinski definition) is 0. The lowest BCUT2D eigenvalue weighted by Gasteiger charge is -2.26. The first-order valence-corrected chi connectivity index (χ1v) is 10.8. The first kappa shape index (κ1) is 25.2. The van der Waals surface area contributed by atoms with Crippen molar-refractivity contribution in [2.75, 3.05) is 26.8 Å². The second kappa shape index (κ2) is 11.5. The summed E-state index contributed by atoms with van der Waals surface area (Å²) in [4.78, 5) is 26.8. The van der Waals surface area contributed by atoms with Gasteiger partial charge in [0.15, 0.2) is 18.1 Å². The van der Waals surface area contributed by atoms with Crippen LogP contribution in [0.4, 0.5) is 0 Å². The highest BCUT2D eigenvalue weighted by molar-refractivity contribution is 5.92. The van der Waals surface area contributed by atoms with Crippen LogP contribution in [0.5, 0.6) is 11.5 Å². The highest BCUT2D eigenvalue weighted by Gasteiger charge is 2.20. The number of nitrogens with zero attached hydrogens (tertiary/aromatic N) is 2. The number of rotatable bonds is 11. The van der Waals surface area contributed by atoms with Crippen molar-refractivity contribution >= 4 is 11.9 Å². The summed E-state index contributed by atoms with van der Waals surface area (Å²) in [5.41, 5.74) is 1.90. The van der Waals surface area contributed by atoms with Gasteiger partial charge in [0, 0.05) is 13.1 Å². The summed E-state index contributed by atoms with van der Waals surface area (Å²) < 4.78 is 21.6. The molecule has 1 heterocycles. The molecule has 0 fully saturated rings. The molecule has 8 nitrogen and oxygen atoms in total. The Hall–Kier alpha value is -3.03.